The zero-order valence-corrected chi connectivity index (χ0v) is 14.7. The van der Waals surface area contributed by atoms with E-state index in [9.17, 15) is 4.79 Å². The van der Waals surface area contributed by atoms with Crippen LogP contribution in [-0.4, -0.2) is 23.9 Å². The smallest absolute Gasteiger partial charge is 0.264 e. The molecule has 1 amide bonds. The summed E-state index contributed by atoms with van der Waals surface area (Å²) in [5, 5.41) is 0. The number of carbonyl (C=O) groups excluding carboxylic acids is 1. The maximum atomic E-state index is 12.7. The van der Waals surface area contributed by atoms with Crippen LogP contribution in [0.3, 0.4) is 0 Å². The highest BCUT2D eigenvalue weighted by atomic mass is 32.1. The molecular weight excluding hydrogens is 302 g/mol. The standard InChI is InChI=1S/C20H23NOS/c1-3-7-18-14-19(23-15(18)2)20(22)21-12-10-17(11-13-21)16-8-5-4-6-9-16/h4-6,8-10,14H,3,7,11-13H2,1-2H3. The third kappa shape index (κ3) is 3.56. The summed E-state index contributed by atoms with van der Waals surface area (Å²) >= 11 is 1.64. The molecule has 1 aromatic carbocycles. The Kier molecular flexibility index (Phi) is 4.97. The maximum absolute atomic E-state index is 12.7. The van der Waals surface area contributed by atoms with Crippen LogP contribution >= 0.6 is 11.3 Å². The van der Waals surface area contributed by atoms with Gasteiger partial charge in [-0.1, -0.05) is 49.8 Å². The maximum Gasteiger partial charge on any atom is 0.264 e. The average Bonchev–Trinajstić information content (AvgIpc) is 2.96. The minimum atomic E-state index is 0.184. The highest BCUT2D eigenvalue weighted by Crippen LogP contribution is 2.27. The van der Waals surface area contributed by atoms with Crippen LogP contribution in [0.2, 0.25) is 0 Å². The molecule has 0 atom stereocenters. The molecule has 0 unspecified atom stereocenters. The Morgan fingerprint density at radius 3 is 2.70 bits per heavy atom. The minimum absolute atomic E-state index is 0.184. The van der Waals surface area contributed by atoms with E-state index >= 15 is 0 Å². The van der Waals surface area contributed by atoms with Gasteiger partial charge in [0.25, 0.3) is 5.91 Å². The fourth-order valence-corrected chi connectivity index (χ4v) is 4.11. The molecule has 0 saturated heterocycles. The number of aryl methyl sites for hydroxylation is 2. The molecule has 1 aliphatic heterocycles. The summed E-state index contributed by atoms with van der Waals surface area (Å²) in [6.07, 6.45) is 5.32. The van der Waals surface area contributed by atoms with Crippen LogP contribution < -0.4 is 0 Å². The molecule has 2 nitrogen and oxygen atoms in total. The van der Waals surface area contributed by atoms with Gasteiger partial charge >= 0.3 is 0 Å². The molecule has 1 aromatic heterocycles. The molecule has 0 spiro atoms. The zero-order chi connectivity index (χ0) is 16.2. The van der Waals surface area contributed by atoms with Gasteiger partial charge < -0.3 is 4.90 Å². The van der Waals surface area contributed by atoms with E-state index in [2.05, 4.69) is 50.3 Å². The highest BCUT2D eigenvalue weighted by molar-refractivity contribution is 7.14. The Balaban J connectivity index is 1.71. The van der Waals surface area contributed by atoms with Gasteiger partial charge in [0.1, 0.15) is 0 Å². The summed E-state index contributed by atoms with van der Waals surface area (Å²) < 4.78 is 0. The molecule has 120 valence electrons. The Morgan fingerprint density at radius 2 is 2.04 bits per heavy atom. The Bertz CT molecular complexity index is 714. The lowest BCUT2D eigenvalue weighted by molar-refractivity contribution is 0.0777. The van der Waals surface area contributed by atoms with Gasteiger partial charge in [-0.3, -0.25) is 4.79 Å². The van der Waals surface area contributed by atoms with Crippen molar-refractivity contribution in [1.29, 1.82) is 0 Å². The highest BCUT2D eigenvalue weighted by Gasteiger charge is 2.21. The summed E-state index contributed by atoms with van der Waals surface area (Å²) in [6, 6.07) is 12.6. The van der Waals surface area contributed by atoms with Crippen LogP contribution in [0, 0.1) is 6.92 Å². The first-order valence-electron chi connectivity index (χ1n) is 8.32. The van der Waals surface area contributed by atoms with E-state index in [1.165, 1.54) is 21.6 Å². The second-order valence-corrected chi connectivity index (χ2v) is 7.29. The number of hydrogen-bond acceptors (Lipinski definition) is 2. The van der Waals surface area contributed by atoms with E-state index in [0.29, 0.717) is 6.54 Å². The Labute approximate surface area is 142 Å². The predicted molar refractivity (Wildman–Crippen MR) is 98.0 cm³/mol. The van der Waals surface area contributed by atoms with Gasteiger partial charge in [-0.2, -0.15) is 0 Å². The number of amides is 1. The molecular formula is C20H23NOS. The second-order valence-electron chi connectivity index (χ2n) is 6.04. The molecule has 3 heteroatoms. The van der Waals surface area contributed by atoms with Gasteiger partial charge in [0.15, 0.2) is 0 Å². The van der Waals surface area contributed by atoms with Crippen LogP contribution in [0.1, 0.15) is 45.4 Å². The lowest BCUT2D eigenvalue weighted by Crippen LogP contribution is -2.34. The molecule has 23 heavy (non-hydrogen) atoms. The average molecular weight is 325 g/mol. The number of carbonyl (C=O) groups is 1. The fourth-order valence-electron chi connectivity index (χ4n) is 3.07. The van der Waals surface area contributed by atoms with Crippen molar-refractivity contribution in [3.63, 3.8) is 0 Å². The first-order chi connectivity index (χ1) is 11.2. The lowest BCUT2D eigenvalue weighted by atomic mass is 9.99. The SMILES string of the molecule is CCCc1cc(C(=O)N2CC=C(c3ccccc3)CC2)sc1C. The molecule has 0 fully saturated rings. The summed E-state index contributed by atoms with van der Waals surface area (Å²) in [6.45, 7) is 5.82. The molecule has 3 rings (SSSR count). The van der Waals surface area contributed by atoms with E-state index in [-0.39, 0.29) is 5.91 Å². The van der Waals surface area contributed by atoms with Crippen LogP contribution in [0.5, 0.6) is 0 Å². The first-order valence-corrected chi connectivity index (χ1v) is 9.13. The van der Waals surface area contributed by atoms with Gasteiger partial charge in [0, 0.05) is 18.0 Å². The van der Waals surface area contributed by atoms with Crippen molar-refractivity contribution in [3.05, 3.63) is 63.4 Å². The van der Waals surface area contributed by atoms with E-state index in [0.717, 1.165) is 30.7 Å². The normalized spacial score (nSPS) is 14.7. The molecule has 1 aliphatic rings. The monoisotopic (exact) mass is 325 g/mol. The van der Waals surface area contributed by atoms with E-state index in [4.69, 9.17) is 0 Å². The van der Waals surface area contributed by atoms with Crippen molar-refractivity contribution in [1.82, 2.24) is 4.90 Å². The molecule has 2 heterocycles. The summed E-state index contributed by atoms with van der Waals surface area (Å²) in [5.74, 6) is 0.184. The minimum Gasteiger partial charge on any atom is -0.334 e. The number of thiophene rings is 1. The van der Waals surface area contributed by atoms with Crippen LogP contribution in [0.15, 0.2) is 42.5 Å². The third-order valence-electron chi connectivity index (χ3n) is 4.39. The van der Waals surface area contributed by atoms with Gasteiger partial charge in [0.2, 0.25) is 0 Å². The van der Waals surface area contributed by atoms with Crippen molar-refractivity contribution in [2.75, 3.05) is 13.1 Å². The van der Waals surface area contributed by atoms with Gasteiger partial charge in [-0.15, -0.1) is 11.3 Å². The number of nitrogens with zero attached hydrogens (tertiary/aromatic N) is 1. The van der Waals surface area contributed by atoms with Crippen molar-refractivity contribution >= 4 is 22.8 Å². The molecule has 0 saturated carbocycles. The van der Waals surface area contributed by atoms with Crippen molar-refractivity contribution in [3.8, 4) is 0 Å². The van der Waals surface area contributed by atoms with Crippen molar-refractivity contribution in [2.24, 2.45) is 0 Å². The summed E-state index contributed by atoms with van der Waals surface area (Å²) in [4.78, 5) is 16.9. The lowest BCUT2D eigenvalue weighted by Gasteiger charge is -2.26. The van der Waals surface area contributed by atoms with Crippen LogP contribution in [0.25, 0.3) is 5.57 Å². The van der Waals surface area contributed by atoms with Gasteiger partial charge in [-0.25, -0.2) is 0 Å². The molecule has 0 bridgehead atoms. The summed E-state index contributed by atoms with van der Waals surface area (Å²) in [7, 11) is 0. The van der Waals surface area contributed by atoms with Gasteiger partial charge in [-0.05, 0) is 42.5 Å². The molecule has 0 N–H and O–H groups in total. The van der Waals surface area contributed by atoms with Crippen LogP contribution in [0.4, 0.5) is 0 Å². The molecule has 0 aliphatic carbocycles. The zero-order valence-electron chi connectivity index (χ0n) is 13.8. The fraction of sp³-hybridized carbons (Fsp3) is 0.350. The predicted octanol–water partition coefficient (Wildman–Crippen LogP) is 4.94. The number of rotatable bonds is 4. The largest absolute Gasteiger partial charge is 0.334 e. The number of hydrogen-bond donors (Lipinski definition) is 0. The Hall–Kier alpha value is -1.87. The van der Waals surface area contributed by atoms with Crippen molar-refractivity contribution in [2.45, 2.75) is 33.1 Å². The van der Waals surface area contributed by atoms with E-state index in [1.54, 1.807) is 11.3 Å². The van der Waals surface area contributed by atoms with Crippen LogP contribution in [-0.2, 0) is 6.42 Å². The van der Waals surface area contributed by atoms with E-state index < -0.39 is 0 Å². The number of benzene rings is 1. The topological polar surface area (TPSA) is 20.3 Å². The third-order valence-corrected chi connectivity index (χ3v) is 5.47. The second kappa shape index (κ2) is 7.14. The summed E-state index contributed by atoms with van der Waals surface area (Å²) in [5.41, 5.74) is 3.96. The Morgan fingerprint density at radius 1 is 1.26 bits per heavy atom. The first kappa shape index (κ1) is 16.0. The quantitative estimate of drug-likeness (QED) is 0.780. The van der Waals surface area contributed by atoms with Gasteiger partial charge in [0.05, 0.1) is 4.88 Å². The van der Waals surface area contributed by atoms with E-state index in [1.807, 2.05) is 11.0 Å². The molecule has 2 aromatic rings. The molecule has 0 radical (unpaired) electrons. The van der Waals surface area contributed by atoms with Crippen molar-refractivity contribution < 1.29 is 4.79 Å².